The van der Waals surface area contributed by atoms with Crippen LogP contribution in [0, 0.1) is 0 Å². The van der Waals surface area contributed by atoms with E-state index >= 15 is 0 Å². The van der Waals surface area contributed by atoms with Gasteiger partial charge in [0.1, 0.15) is 0 Å². The van der Waals surface area contributed by atoms with Crippen molar-refractivity contribution in [3.63, 3.8) is 0 Å². The maximum Gasteiger partial charge on any atom is 0.164 e. The van der Waals surface area contributed by atoms with Gasteiger partial charge in [-0.3, -0.25) is 0 Å². The molecule has 0 unspecified atom stereocenters. The second-order valence-corrected chi connectivity index (χ2v) is 17.0. The topological polar surface area (TPSA) is 38.7 Å². The van der Waals surface area contributed by atoms with Crippen LogP contribution >= 0.6 is 11.3 Å². The molecule has 11 aromatic rings. The van der Waals surface area contributed by atoms with Crippen LogP contribution < -0.4 is 0 Å². The maximum atomic E-state index is 5.18. The van der Waals surface area contributed by atoms with Crippen LogP contribution in [0.3, 0.4) is 0 Å². The third-order valence-corrected chi connectivity index (χ3v) is 13.6. The van der Waals surface area contributed by atoms with Gasteiger partial charge in [0.15, 0.2) is 17.5 Å². The molecule has 0 fully saturated rings. The summed E-state index contributed by atoms with van der Waals surface area (Å²) in [5, 5.41) is 2.46. The molecule has 0 bridgehead atoms. The van der Waals surface area contributed by atoms with Crippen molar-refractivity contribution in [3.8, 4) is 67.5 Å². The van der Waals surface area contributed by atoms with E-state index in [1.54, 1.807) is 0 Å². The van der Waals surface area contributed by atoms with Gasteiger partial charge in [-0.05, 0) is 92.0 Å². The van der Waals surface area contributed by atoms with E-state index in [0.29, 0.717) is 17.5 Å². The Labute approximate surface area is 364 Å². The molecule has 0 saturated carbocycles. The van der Waals surface area contributed by atoms with Gasteiger partial charge in [-0.15, -0.1) is 11.3 Å². The highest BCUT2D eigenvalue weighted by molar-refractivity contribution is 7.25. The van der Waals surface area contributed by atoms with E-state index < -0.39 is 5.41 Å². The van der Waals surface area contributed by atoms with Crippen LogP contribution in [0.15, 0.2) is 224 Å². The molecular formula is C58H37N3S. The first-order chi connectivity index (χ1) is 30.7. The summed E-state index contributed by atoms with van der Waals surface area (Å²) in [7, 11) is 0. The van der Waals surface area contributed by atoms with Crippen LogP contribution in [-0.4, -0.2) is 15.0 Å². The summed E-state index contributed by atoms with van der Waals surface area (Å²) in [6.45, 7) is 0. The van der Waals surface area contributed by atoms with E-state index in [4.69, 9.17) is 15.0 Å². The van der Waals surface area contributed by atoms with Gasteiger partial charge in [-0.1, -0.05) is 188 Å². The monoisotopic (exact) mass is 807 g/mol. The van der Waals surface area contributed by atoms with Crippen LogP contribution in [-0.2, 0) is 5.41 Å². The van der Waals surface area contributed by atoms with E-state index in [9.17, 15) is 0 Å². The highest BCUT2D eigenvalue weighted by Gasteiger charge is 2.46. The molecule has 0 saturated heterocycles. The number of nitrogens with zero attached hydrogens (tertiary/aromatic N) is 3. The Bertz CT molecular complexity index is 3390. The van der Waals surface area contributed by atoms with E-state index in [1.807, 2.05) is 29.5 Å². The summed E-state index contributed by atoms with van der Waals surface area (Å²) >= 11 is 1.81. The average Bonchev–Trinajstić information content (AvgIpc) is 3.88. The molecule has 2 heterocycles. The SMILES string of the molecule is c1ccc(-c2nc(-c3ccc(-c4cc5c(cc4-c4ccccc4)-c4ccccc4C5(c4ccccc4)c4ccccc4)cc3)nc(-c3ccc4sc5ccccc5c4c3)n2)cc1. The molecule has 0 spiro atoms. The molecule has 0 aliphatic heterocycles. The summed E-state index contributed by atoms with van der Waals surface area (Å²) in [4.78, 5) is 15.4. The Balaban J connectivity index is 1.04. The lowest BCUT2D eigenvalue weighted by molar-refractivity contribution is 0.769. The third kappa shape index (κ3) is 5.83. The molecule has 0 atom stereocenters. The van der Waals surface area contributed by atoms with E-state index in [2.05, 4.69) is 206 Å². The molecule has 9 aromatic carbocycles. The molecule has 1 aliphatic carbocycles. The largest absolute Gasteiger partial charge is 0.208 e. The smallest absolute Gasteiger partial charge is 0.164 e. The van der Waals surface area contributed by atoms with Gasteiger partial charge in [-0.25, -0.2) is 15.0 Å². The third-order valence-electron chi connectivity index (χ3n) is 12.4. The first kappa shape index (κ1) is 36.1. The van der Waals surface area contributed by atoms with Crippen molar-refractivity contribution in [2.75, 3.05) is 0 Å². The number of thiophene rings is 1. The van der Waals surface area contributed by atoms with Crippen LogP contribution in [0.2, 0.25) is 0 Å². The van der Waals surface area contributed by atoms with Crippen molar-refractivity contribution in [3.05, 3.63) is 247 Å². The van der Waals surface area contributed by atoms with Gasteiger partial charge < -0.3 is 0 Å². The fourth-order valence-electron chi connectivity index (χ4n) is 9.60. The van der Waals surface area contributed by atoms with Crippen molar-refractivity contribution in [2.24, 2.45) is 0 Å². The van der Waals surface area contributed by atoms with Gasteiger partial charge in [0.05, 0.1) is 5.41 Å². The van der Waals surface area contributed by atoms with Crippen LogP contribution in [0.4, 0.5) is 0 Å². The summed E-state index contributed by atoms with van der Waals surface area (Å²) in [6.07, 6.45) is 0. The Morgan fingerprint density at radius 1 is 0.290 bits per heavy atom. The van der Waals surface area contributed by atoms with Gasteiger partial charge in [0.25, 0.3) is 0 Å². The minimum atomic E-state index is -0.508. The predicted octanol–water partition coefficient (Wildman–Crippen LogP) is 14.9. The van der Waals surface area contributed by atoms with Crippen molar-refractivity contribution in [1.82, 2.24) is 15.0 Å². The van der Waals surface area contributed by atoms with Gasteiger partial charge in [0.2, 0.25) is 0 Å². The Morgan fingerprint density at radius 3 is 1.44 bits per heavy atom. The first-order valence-electron chi connectivity index (χ1n) is 21.0. The molecule has 290 valence electrons. The fourth-order valence-corrected chi connectivity index (χ4v) is 10.7. The van der Waals surface area contributed by atoms with Crippen LogP contribution in [0.5, 0.6) is 0 Å². The lowest BCUT2D eigenvalue weighted by atomic mass is 9.67. The number of aromatic nitrogens is 3. The zero-order valence-electron chi connectivity index (χ0n) is 33.6. The average molecular weight is 808 g/mol. The van der Waals surface area contributed by atoms with Crippen LogP contribution in [0.1, 0.15) is 22.3 Å². The van der Waals surface area contributed by atoms with Gasteiger partial charge in [0, 0.05) is 36.9 Å². The number of fused-ring (bicyclic) bond motifs is 6. The van der Waals surface area contributed by atoms with E-state index in [1.165, 1.54) is 70.2 Å². The molecule has 0 N–H and O–H groups in total. The molecule has 62 heavy (non-hydrogen) atoms. The second-order valence-electron chi connectivity index (χ2n) is 15.9. The molecule has 4 heteroatoms. The number of rotatable bonds is 7. The van der Waals surface area contributed by atoms with Gasteiger partial charge >= 0.3 is 0 Å². The summed E-state index contributed by atoms with van der Waals surface area (Å²) in [6, 6.07) is 80.8. The summed E-state index contributed by atoms with van der Waals surface area (Å²) in [5.74, 6) is 1.93. The summed E-state index contributed by atoms with van der Waals surface area (Å²) in [5.41, 5.74) is 14.6. The Morgan fingerprint density at radius 2 is 0.758 bits per heavy atom. The van der Waals surface area contributed by atoms with Crippen molar-refractivity contribution in [2.45, 2.75) is 5.41 Å². The molecule has 1 aliphatic rings. The van der Waals surface area contributed by atoms with Gasteiger partial charge in [-0.2, -0.15) is 0 Å². The zero-order valence-corrected chi connectivity index (χ0v) is 34.4. The number of benzene rings is 9. The highest BCUT2D eigenvalue weighted by atomic mass is 32.1. The highest BCUT2D eigenvalue weighted by Crippen LogP contribution is 2.58. The molecule has 12 rings (SSSR count). The molecular weight excluding hydrogens is 771 g/mol. The second kappa shape index (κ2) is 14.7. The lowest BCUT2D eigenvalue weighted by Gasteiger charge is -2.34. The van der Waals surface area contributed by atoms with Crippen molar-refractivity contribution < 1.29 is 0 Å². The molecule has 2 aromatic heterocycles. The molecule has 0 amide bonds. The predicted molar refractivity (Wildman–Crippen MR) is 257 cm³/mol. The number of hydrogen-bond acceptors (Lipinski definition) is 4. The van der Waals surface area contributed by atoms with Crippen molar-refractivity contribution in [1.29, 1.82) is 0 Å². The lowest BCUT2D eigenvalue weighted by Crippen LogP contribution is -2.28. The Kier molecular flexibility index (Phi) is 8.58. The number of hydrogen-bond donors (Lipinski definition) is 0. The zero-order chi connectivity index (χ0) is 41.0. The van der Waals surface area contributed by atoms with E-state index in [-0.39, 0.29) is 0 Å². The molecule has 3 nitrogen and oxygen atoms in total. The minimum Gasteiger partial charge on any atom is -0.208 e. The van der Waals surface area contributed by atoms with E-state index in [0.717, 1.165) is 22.3 Å². The molecule has 0 radical (unpaired) electrons. The Hall–Kier alpha value is -7.79. The van der Waals surface area contributed by atoms with Crippen molar-refractivity contribution >= 4 is 31.5 Å². The quantitative estimate of drug-likeness (QED) is 0.161. The first-order valence-corrected chi connectivity index (χ1v) is 21.8. The maximum absolute atomic E-state index is 5.18. The summed E-state index contributed by atoms with van der Waals surface area (Å²) < 4.78 is 2.52. The van der Waals surface area contributed by atoms with Crippen LogP contribution in [0.25, 0.3) is 87.7 Å². The minimum absolute atomic E-state index is 0.508. The standard InChI is InChI=1S/C58H37N3S/c1-5-17-38(18-6-1)47-36-49-45-25-13-15-27-51(45)58(43-21-9-3-10-22-43,44-23-11-4-12-24-44)52(49)37-48(47)39-29-31-41(32-30-39)56-59-55(40-19-7-2-8-20-40)60-57(61-56)42-33-34-54-50(35-42)46-26-14-16-28-53(46)62-54/h1-37H. The normalized spacial score (nSPS) is 12.6. The fraction of sp³-hybridized carbons (Fsp3) is 0.0172.